The molecule has 1 rings (SSSR count). The maximum Gasteiger partial charge on any atom is 0.306 e. The Morgan fingerprint density at radius 3 is 1.31 bits per heavy atom. The molecule has 1 aliphatic rings. The quantitative estimate of drug-likeness (QED) is 0.0195. The minimum absolute atomic E-state index is 0.114. The monoisotopic (exact) mass is 1120 g/mol. The number of rotatable bonds is 55. The van der Waals surface area contributed by atoms with Crippen molar-refractivity contribution in [2.24, 2.45) is 0 Å². The topological polar surface area (TPSA) is 175 Å². The van der Waals surface area contributed by atoms with Gasteiger partial charge in [0.1, 0.15) is 24.4 Å². The van der Waals surface area contributed by atoms with E-state index in [1.165, 1.54) is 141 Å². The number of nitrogens with one attached hydrogen (secondary N) is 1. The predicted octanol–water partition coefficient (Wildman–Crippen LogP) is 16.1. The average molecular weight is 1120 g/mol. The van der Waals surface area contributed by atoms with Crippen molar-refractivity contribution in [1.82, 2.24) is 5.32 Å². The van der Waals surface area contributed by atoms with Gasteiger partial charge in [0, 0.05) is 6.42 Å². The highest BCUT2D eigenvalue weighted by molar-refractivity contribution is 5.80. The molecule has 1 aliphatic heterocycles. The Labute approximate surface area is 489 Å². The first-order valence-corrected chi connectivity index (χ1v) is 32.9. The van der Waals surface area contributed by atoms with Gasteiger partial charge in [-0.1, -0.05) is 254 Å². The lowest BCUT2D eigenvalue weighted by Crippen LogP contribution is -2.61. The molecule has 80 heavy (non-hydrogen) atoms. The van der Waals surface area contributed by atoms with Crippen LogP contribution in [0.25, 0.3) is 0 Å². The molecule has 0 bridgehead atoms. The molecule has 0 aromatic heterocycles. The molecule has 8 unspecified atom stereocenters. The van der Waals surface area contributed by atoms with Crippen LogP contribution < -0.4 is 5.32 Å². The molecule has 0 aliphatic carbocycles. The third-order valence-electron chi connectivity index (χ3n) is 15.0. The Kier molecular flexibility index (Phi) is 52.7. The zero-order valence-corrected chi connectivity index (χ0v) is 51.2. The summed E-state index contributed by atoms with van der Waals surface area (Å²) in [5.74, 6) is -1.23. The zero-order chi connectivity index (χ0) is 58.2. The Bertz CT molecular complexity index is 1620. The van der Waals surface area contributed by atoms with E-state index in [0.29, 0.717) is 12.8 Å². The first-order valence-electron chi connectivity index (χ1n) is 32.9. The SMILES string of the molecule is CCCCC/C=C\C/C=C\C/C=C\C/C=C\CCCCC(O)C(=O)NC(COC1OC(CO)C(O)C(O)C1OC(=O)CCCCCCCCCCCCC/C=C\C/C=C\CCCCC)C(O)/C=C/CCCCCCCCCCCC. The maximum absolute atomic E-state index is 13.4. The summed E-state index contributed by atoms with van der Waals surface area (Å²) in [5.41, 5.74) is 0. The number of amides is 1. The van der Waals surface area contributed by atoms with Gasteiger partial charge in [0.15, 0.2) is 12.4 Å². The fourth-order valence-electron chi connectivity index (χ4n) is 9.78. The molecular formula is C69H121NO10. The molecule has 462 valence electrons. The van der Waals surface area contributed by atoms with Gasteiger partial charge in [-0.3, -0.25) is 9.59 Å². The van der Waals surface area contributed by atoms with Crippen LogP contribution in [0.3, 0.4) is 0 Å². The number of ether oxygens (including phenoxy) is 3. The van der Waals surface area contributed by atoms with E-state index in [1.807, 2.05) is 6.08 Å². The van der Waals surface area contributed by atoms with Gasteiger partial charge in [0.2, 0.25) is 5.91 Å². The third-order valence-corrected chi connectivity index (χ3v) is 15.0. The zero-order valence-electron chi connectivity index (χ0n) is 51.2. The number of aliphatic hydroxyl groups is 5. The molecule has 0 aromatic rings. The molecule has 11 heteroatoms. The van der Waals surface area contributed by atoms with Gasteiger partial charge in [-0.2, -0.15) is 0 Å². The minimum Gasteiger partial charge on any atom is -0.454 e. The fourth-order valence-corrected chi connectivity index (χ4v) is 9.78. The molecule has 1 saturated heterocycles. The molecule has 1 heterocycles. The highest BCUT2D eigenvalue weighted by Crippen LogP contribution is 2.26. The first kappa shape index (κ1) is 74.9. The van der Waals surface area contributed by atoms with Crippen LogP contribution in [0.15, 0.2) is 85.1 Å². The van der Waals surface area contributed by atoms with Gasteiger partial charge in [-0.25, -0.2) is 0 Å². The van der Waals surface area contributed by atoms with Crippen molar-refractivity contribution in [1.29, 1.82) is 0 Å². The number of aliphatic hydroxyl groups excluding tert-OH is 5. The van der Waals surface area contributed by atoms with Crippen molar-refractivity contribution < 1.29 is 49.3 Å². The lowest BCUT2D eigenvalue weighted by atomic mass is 9.99. The van der Waals surface area contributed by atoms with E-state index in [1.54, 1.807) is 6.08 Å². The van der Waals surface area contributed by atoms with E-state index in [9.17, 15) is 35.1 Å². The van der Waals surface area contributed by atoms with Crippen LogP contribution in [-0.4, -0.2) is 99.6 Å². The molecule has 0 spiro atoms. The predicted molar refractivity (Wildman–Crippen MR) is 333 cm³/mol. The van der Waals surface area contributed by atoms with E-state index < -0.39 is 67.4 Å². The number of hydrogen-bond acceptors (Lipinski definition) is 10. The second kappa shape index (κ2) is 56.3. The Balaban J connectivity index is 2.66. The van der Waals surface area contributed by atoms with E-state index >= 15 is 0 Å². The van der Waals surface area contributed by atoms with E-state index in [4.69, 9.17) is 14.2 Å². The molecule has 0 radical (unpaired) electrons. The number of esters is 1. The molecule has 8 atom stereocenters. The number of allylic oxidation sites excluding steroid dienone is 13. The van der Waals surface area contributed by atoms with E-state index in [0.717, 1.165) is 89.9 Å². The molecule has 11 nitrogen and oxygen atoms in total. The molecule has 6 N–H and O–H groups in total. The Hall–Kier alpha value is -3.16. The smallest absolute Gasteiger partial charge is 0.306 e. The molecule has 1 fully saturated rings. The lowest BCUT2D eigenvalue weighted by molar-refractivity contribution is -0.305. The molecule has 0 aromatic carbocycles. The highest BCUT2D eigenvalue weighted by Gasteiger charge is 2.47. The number of carbonyl (C=O) groups excluding carboxylic acids is 2. The Morgan fingerprint density at radius 1 is 0.487 bits per heavy atom. The summed E-state index contributed by atoms with van der Waals surface area (Å²) >= 11 is 0. The van der Waals surface area contributed by atoms with Gasteiger partial charge in [0.05, 0.1) is 25.4 Å². The van der Waals surface area contributed by atoms with Crippen LogP contribution in [0.4, 0.5) is 0 Å². The fraction of sp³-hybridized carbons (Fsp3) is 0.768. The second-order valence-corrected chi connectivity index (χ2v) is 22.5. The van der Waals surface area contributed by atoms with Crippen molar-refractivity contribution in [3.8, 4) is 0 Å². The normalized spacial score (nSPS) is 19.3. The second-order valence-electron chi connectivity index (χ2n) is 22.5. The van der Waals surface area contributed by atoms with Crippen LogP contribution >= 0.6 is 0 Å². The number of carbonyl (C=O) groups is 2. The summed E-state index contributed by atoms with van der Waals surface area (Å²) in [7, 11) is 0. The van der Waals surface area contributed by atoms with Gasteiger partial charge in [-0.05, 0) is 103 Å². The van der Waals surface area contributed by atoms with Gasteiger partial charge < -0.3 is 45.1 Å². The first-order chi connectivity index (χ1) is 39.2. The largest absolute Gasteiger partial charge is 0.454 e. The van der Waals surface area contributed by atoms with Crippen molar-refractivity contribution in [2.45, 2.75) is 327 Å². The third kappa shape index (κ3) is 43.5. The van der Waals surface area contributed by atoms with Crippen LogP contribution in [0.2, 0.25) is 0 Å². The molecule has 1 amide bonds. The summed E-state index contributed by atoms with van der Waals surface area (Å²) in [5, 5.41) is 57.0. The van der Waals surface area contributed by atoms with Crippen molar-refractivity contribution in [2.75, 3.05) is 13.2 Å². The molecular weight excluding hydrogens is 1000 g/mol. The summed E-state index contributed by atoms with van der Waals surface area (Å²) in [6, 6.07) is -1.05. The average Bonchev–Trinajstić information content (AvgIpc) is 3.45. The minimum atomic E-state index is -1.62. The van der Waals surface area contributed by atoms with E-state index in [2.05, 4.69) is 99.0 Å². The van der Waals surface area contributed by atoms with Crippen molar-refractivity contribution in [3.05, 3.63) is 85.1 Å². The highest BCUT2D eigenvalue weighted by atomic mass is 16.7. The standard InChI is InChI=1S/C69H121NO10/c1-4-7-10-13-16-19-22-25-27-29-31-32-33-35-37-39-42-45-48-51-54-57-64(74)80-67-66(76)65(75)63(58-71)79-69(67)78-59-60(61(72)55-52-49-46-43-40-24-21-18-15-12-9-6-3)70-68(77)62(73)56-53-50-47-44-41-38-36-34-30-28-26-23-20-17-14-11-8-5-2/h16-17,19-20,25-28,34,36,41,44,52,55,60-63,65-67,69,71-73,75-76H,4-15,18,21-24,29-33,35,37-40,42-43,45-51,53-54,56-59H2,1-3H3,(H,70,77)/b19-16-,20-17-,27-25-,28-26-,36-34-,44-41-,55-52+. The van der Waals surface area contributed by atoms with Gasteiger partial charge in [-0.15, -0.1) is 0 Å². The molecule has 0 saturated carbocycles. The van der Waals surface area contributed by atoms with Crippen LogP contribution in [-0.2, 0) is 23.8 Å². The van der Waals surface area contributed by atoms with Crippen LogP contribution in [0.1, 0.15) is 278 Å². The summed E-state index contributed by atoms with van der Waals surface area (Å²) < 4.78 is 17.6. The number of unbranched alkanes of at least 4 members (excludes halogenated alkanes) is 29. The lowest BCUT2D eigenvalue weighted by Gasteiger charge is -2.41. The van der Waals surface area contributed by atoms with Crippen LogP contribution in [0, 0.1) is 0 Å². The van der Waals surface area contributed by atoms with Gasteiger partial charge in [0.25, 0.3) is 0 Å². The number of hydrogen-bond donors (Lipinski definition) is 6. The van der Waals surface area contributed by atoms with Gasteiger partial charge >= 0.3 is 5.97 Å². The summed E-state index contributed by atoms with van der Waals surface area (Å²) in [4.78, 5) is 26.6. The summed E-state index contributed by atoms with van der Waals surface area (Å²) in [6.07, 6.45) is 63.3. The van der Waals surface area contributed by atoms with Crippen molar-refractivity contribution in [3.63, 3.8) is 0 Å². The maximum atomic E-state index is 13.4. The van der Waals surface area contributed by atoms with Crippen molar-refractivity contribution >= 4 is 11.9 Å². The van der Waals surface area contributed by atoms with E-state index in [-0.39, 0.29) is 19.4 Å². The van der Waals surface area contributed by atoms with Crippen LogP contribution in [0.5, 0.6) is 0 Å². The Morgan fingerprint density at radius 2 is 0.863 bits per heavy atom. The summed E-state index contributed by atoms with van der Waals surface area (Å²) in [6.45, 7) is 5.72.